The van der Waals surface area contributed by atoms with Crippen LogP contribution < -0.4 is 15.0 Å². The van der Waals surface area contributed by atoms with Crippen molar-refractivity contribution in [1.82, 2.24) is 10.3 Å². The highest BCUT2D eigenvalue weighted by Crippen LogP contribution is 2.64. The van der Waals surface area contributed by atoms with Gasteiger partial charge in [0, 0.05) is 17.9 Å². The summed E-state index contributed by atoms with van der Waals surface area (Å²) in [6, 6.07) is 5.25. The maximum atomic E-state index is 13.1. The fraction of sp³-hybridized carbons (Fsp3) is 0.556. The van der Waals surface area contributed by atoms with Crippen LogP contribution >= 0.6 is 0 Å². The largest absolute Gasteiger partial charge is 0.484 e. The third-order valence-corrected chi connectivity index (χ3v) is 7.37. The van der Waals surface area contributed by atoms with Crippen LogP contribution in [0.15, 0.2) is 24.3 Å². The molecule has 0 unspecified atom stereocenters. The van der Waals surface area contributed by atoms with E-state index in [9.17, 15) is 22.4 Å². The van der Waals surface area contributed by atoms with Crippen LogP contribution in [0, 0.1) is 22.6 Å². The fourth-order valence-electron chi connectivity index (χ4n) is 4.35. The molecule has 2 fully saturated rings. The number of nitrogens with one attached hydrogen (secondary N) is 2. The van der Waals surface area contributed by atoms with E-state index in [1.54, 1.807) is 0 Å². The summed E-state index contributed by atoms with van der Waals surface area (Å²) >= 11 is 0. The van der Waals surface area contributed by atoms with Crippen LogP contribution in [-0.2, 0) is 19.6 Å². The summed E-state index contributed by atoms with van der Waals surface area (Å²) in [7, 11) is -3.92. The molecule has 1 amide bonds. The molecular formula is C18H23FN2O5S. The fourth-order valence-corrected chi connectivity index (χ4v) is 6.01. The average Bonchev–Trinajstić information content (AvgIpc) is 2.92. The second-order valence-electron chi connectivity index (χ2n) is 7.82. The monoisotopic (exact) mass is 398 g/mol. The van der Waals surface area contributed by atoms with Crippen molar-refractivity contribution in [3.05, 3.63) is 30.1 Å². The maximum Gasteiger partial charge on any atom is 0.272 e. The normalized spacial score (nSPS) is 26.2. The summed E-state index contributed by atoms with van der Waals surface area (Å²) in [6.45, 7) is 3.40. The molecule has 3 rings (SSSR count). The molecule has 0 heterocycles. The highest BCUT2D eigenvalue weighted by atomic mass is 32.2. The van der Waals surface area contributed by atoms with E-state index in [0.29, 0.717) is 12.8 Å². The molecule has 0 radical (unpaired) electrons. The summed E-state index contributed by atoms with van der Waals surface area (Å²) in [5, 5.41) is 0. The highest BCUT2D eigenvalue weighted by Gasteiger charge is 2.65. The van der Waals surface area contributed by atoms with Gasteiger partial charge in [-0.05, 0) is 36.3 Å². The van der Waals surface area contributed by atoms with Crippen molar-refractivity contribution in [3.8, 4) is 5.75 Å². The molecule has 2 saturated carbocycles. The molecule has 1 aromatic carbocycles. The summed E-state index contributed by atoms with van der Waals surface area (Å²) in [5.74, 6) is -1.26. The van der Waals surface area contributed by atoms with E-state index in [1.807, 2.05) is 18.7 Å². The van der Waals surface area contributed by atoms with Gasteiger partial charge in [-0.15, -0.1) is 4.83 Å². The molecule has 2 atom stereocenters. The number of rotatable bonds is 7. The Kier molecular flexibility index (Phi) is 5.02. The van der Waals surface area contributed by atoms with Gasteiger partial charge in [0.05, 0.1) is 5.75 Å². The lowest BCUT2D eigenvalue weighted by molar-refractivity contribution is -0.128. The van der Waals surface area contributed by atoms with Gasteiger partial charge in [0.2, 0.25) is 10.0 Å². The number of halogens is 1. The van der Waals surface area contributed by atoms with E-state index < -0.39 is 33.8 Å². The van der Waals surface area contributed by atoms with Crippen LogP contribution in [0.1, 0.15) is 33.1 Å². The lowest BCUT2D eigenvalue weighted by Crippen LogP contribution is -2.50. The number of sulfonamides is 1. The van der Waals surface area contributed by atoms with Crippen LogP contribution in [0.25, 0.3) is 0 Å². The third kappa shape index (κ3) is 3.70. The first-order valence-corrected chi connectivity index (χ1v) is 10.4. The molecule has 0 aromatic heterocycles. The van der Waals surface area contributed by atoms with Crippen molar-refractivity contribution in [1.29, 1.82) is 0 Å². The summed E-state index contributed by atoms with van der Waals surface area (Å²) in [6.07, 6.45) is 1.79. The standard InChI is InChI=1S/C18H23FN2O5S/c1-17(2)12-6-7-18(17,15(22)8-12)11-27(24,25)21-20-16(23)10-26-14-5-3-4-13(19)9-14/h3-5,9,12,21H,6-8,10-11H2,1-2H3,(H,20,23)/t12-,18+/m0/s1. The van der Waals surface area contributed by atoms with Crippen molar-refractivity contribution < 1.29 is 27.1 Å². The number of hydrogen-bond acceptors (Lipinski definition) is 5. The molecule has 2 aliphatic rings. The number of carbonyl (C=O) groups is 2. The van der Waals surface area contributed by atoms with Gasteiger partial charge in [0.25, 0.3) is 5.91 Å². The van der Waals surface area contributed by atoms with E-state index in [4.69, 9.17) is 4.74 Å². The van der Waals surface area contributed by atoms with Crippen molar-refractivity contribution in [2.75, 3.05) is 12.4 Å². The highest BCUT2D eigenvalue weighted by molar-refractivity contribution is 7.89. The van der Waals surface area contributed by atoms with Crippen molar-refractivity contribution in [3.63, 3.8) is 0 Å². The Morgan fingerprint density at radius 2 is 2.11 bits per heavy atom. The van der Waals surface area contributed by atoms with Crippen LogP contribution in [0.3, 0.4) is 0 Å². The number of carbonyl (C=O) groups excluding carboxylic acids is 2. The Morgan fingerprint density at radius 1 is 1.37 bits per heavy atom. The van der Waals surface area contributed by atoms with Crippen LogP contribution in [0.5, 0.6) is 5.75 Å². The molecule has 148 valence electrons. The van der Waals surface area contributed by atoms with Crippen molar-refractivity contribution in [2.24, 2.45) is 16.7 Å². The number of amides is 1. The van der Waals surface area contributed by atoms with Gasteiger partial charge >= 0.3 is 0 Å². The predicted molar refractivity (Wildman–Crippen MR) is 95.5 cm³/mol. The molecule has 27 heavy (non-hydrogen) atoms. The second-order valence-corrected chi connectivity index (χ2v) is 9.54. The zero-order valence-electron chi connectivity index (χ0n) is 15.2. The van der Waals surface area contributed by atoms with E-state index in [1.165, 1.54) is 18.2 Å². The zero-order valence-corrected chi connectivity index (χ0v) is 16.1. The molecule has 2 bridgehead atoms. The lowest BCUT2D eigenvalue weighted by Gasteiger charge is -2.36. The first kappa shape index (κ1) is 19.8. The van der Waals surface area contributed by atoms with Crippen LogP contribution in [0.2, 0.25) is 0 Å². The molecule has 2 N–H and O–H groups in total. The third-order valence-electron chi connectivity index (χ3n) is 6.09. The Bertz CT molecular complexity index is 870. The summed E-state index contributed by atoms with van der Waals surface area (Å²) in [4.78, 5) is 26.3. The first-order valence-electron chi connectivity index (χ1n) is 8.76. The van der Waals surface area contributed by atoms with E-state index >= 15 is 0 Å². The number of hydrazine groups is 1. The van der Waals surface area contributed by atoms with Gasteiger partial charge in [-0.2, -0.15) is 0 Å². The van der Waals surface area contributed by atoms with Gasteiger partial charge in [-0.25, -0.2) is 12.8 Å². The quantitative estimate of drug-likeness (QED) is 0.679. The number of benzene rings is 1. The topological polar surface area (TPSA) is 102 Å². The molecule has 9 heteroatoms. The zero-order chi connectivity index (χ0) is 19.9. The van der Waals surface area contributed by atoms with E-state index in [2.05, 4.69) is 5.43 Å². The number of Topliss-reactive ketones (excluding diaryl/α,β-unsaturated/α-hetero) is 1. The minimum atomic E-state index is -3.92. The summed E-state index contributed by atoms with van der Waals surface area (Å²) < 4.78 is 43.1. The van der Waals surface area contributed by atoms with Gasteiger partial charge in [-0.3, -0.25) is 15.0 Å². The van der Waals surface area contributed by atoms with Gasteiger partial charge in [0.1, 0.15) is 17.3 Å². The number of ether oxygens (including phenoxy) is 1. The SMILES string of the molecule is CC1(C)[C@H]2CC[C@@]1(CS(=O)(=O)NNC(=O)COc1cccc(F)c1)C(=O)C2. The van der Waals surface area contributed by atoms with Gasteiger partial charge in [0.15, 0.2) is 6.61 Å². The van der Waals surface area contributed by atoms with Crippen LogP contribution in [-0.4, -0.2) is 32.5 Å². The smallest absolute Gasteiger partial charge is 0.272 e. The minimum Gasteiger partial charge on any atom is -0.484 e. The maximum absolute atomic E-state index is 13.1. The van der Waals surface area contributed by atoms with E-state index in [-0.39, 0.29) is 28.6 Å². The Morgan fingerprint density at radius 3 is 2.70 bits per heavy atom. The molecule has 0 spiro atoms. The molecule has 7 nitrogen and oxygen atoms in total. The van der Waals surface area contributed by atoms with Crippen molar-refractivity contribution >= 4 is 21.7 Å². The molecule has 1 aromatic rings. The van der Waals surface area contributed by atoms with E-state index in [0.717, 1.165) is 12.5 Å². The molecule has 0 aliphatic heterocycles. The van der Waals surface area contributed by atoms with Gasteiger partial charge in [-0.1, -0.05) is 19.9 Å². The molecule has 0 saturated heterocycles. The molecular weight excluding hydrogens is 375 g/mol. The number of hydrogen-bond donors (Lipinski definition) is 2. The number of fused-ring (bicyclic) bond motifs is 2. The Balaban J connectivity index is 1.56. The summed E-state index contributed by atoms with van der Waals surface area (Å²) in [5.41, 5.74) is 0.776. The predicted octanol–water partition coefficient (Wildman–Crippen LogP) is 1.55. The number of ketones is 1. The second kappa shape index (κ2) is 6.87. The minimum absolute atomic E-state index is 0.0186. The first-order chi connectivity index (χ1) is 12.6. The Hall–Kier alpha value is -2.00. The average molecular weight is 398 g/mol. The Labute approximate surface area is 157 Å². The molecule has 2 aliphatic carbocycles. The van der Waals surface area contributed by atoms with Crippen molar-refractivity contribution in [2.45, 2.75) is 33.1 Å². The van der Waals surface area contributed by atoms with Crippen LogP contribution in [0.4, 0.5) is 4.39 Å². The van der Waals surface area contributed by atoms with Gasteiger partial charge < -0.3 is 4.74 Å². The lowest BCUT2D eigenvalue weighted by atomic mass is 9.70.